The molecule has 0 radical (unpaired) electrons. The number of ether oxygens (including phenoxy) is 1. The third-order valence-corrected chi connectivity index (χ3v) is 4.78. The number of anilines is 1. The monoisotopic (exact) mass is 375 g/mol. The van der Waals surface area contributed by atoms with Crippen molar-refractivity contribution < 1.29 is 23.2 Å². The van der Waals surface area contributed by atoms with Crippen molar-refractivity contribution in [1.82, 2.24) is 10.1 Å². The van der Waals surface area contributed by atoms with E-state index in [2.05, 4.69) is 10.5 Å². The molecule has 1 aromatic carbocycles. The number of carbonyl (C=O) groups is 2. The van der Waals surface area contributed by atoms with Gasteiger partial charge in [-0.25, -0.2) is 4.39 Å². The van der Waals surface area contributed by atoms with Crippen LogP contribution in [0.1, 0.15) is 24.2 Å². The van der Waals surface area contributed by atoms with Crippen LogP contribution < -0.4 is 5.32 Å². The summed E-state index contributed by atoms with van der Waals surface area (Å²) in [4.78, 5) is 26.9. The van der Waals surface area contributed by atoms with Crippen LogP contribution in [0.5, 0.6) is 0 Å². The molecule has 1 aliphatic heterocycles. The van der Waals surface area contributed by atoms with Gasteiger partial charge in [0.05, 0.1) is 12.0 Å². The number of hydrogen-bond acceptors (Lipinski definition) is 5. The summed E-state index contributed by atoms with van der Waals surface area (Å²) >= 11 is 0. The highest BCUT2D eigenvalue weighted by atomic mass is 19.1. The summed E-state index contributed by atoms with van der Waals surface area (Å²) in [5.41, 5.74) is -0.0950. The van der Waals surface area contributed by atoms with Crippen LogP contribution in [-0.4, -0.2) is 48.7 Å². The van der Waals surface area contributed by atoms with E-state index < -0.39 is 5.41 Å². The van der Waals surface area contributed by atoms with Gasteiger partial charge in [-0.15, -0.1) is 0 Å². The Balaban J connectivity index is 1.75. The second-order valence-electron chi connectivity index (χ2n) is 6.73. The lowest BCUT2D eigenvalue weighted by Crippen LogP contribution is -2.50. The summed E-state index contributed by atoms with van der Waals surface area (Å²) < 4.78 is 23.7. The first-order valence-corrected chi connectivity index (χ1v) is 8.73. The molecule has 0 saturated carbocycles. The number of benzene rings is 1. The lowest BCUT2D eigenvalue weighted by molar-refractivity contribution is -0.142. The molecule has 1 aromatic heterocycles. The molecule has 2 amide bonds. The van der Waals surface area contributed by atoms with Crippen molar-refractivity contribution in [3.05, 3.63) is 47.5 Å². The molecule has 1 N–H and O–H groups in total. The molecule has 1 aliphatic rings. The third kappa shape index (κ3) is 4.16. The van der Waals surface area contributed by atoms with E-state index in [1.165, 1.54) is 17.0 Å². The summed E-state index contributed by atoms with van der Waals surface area (Å²) in [5, 5.41) is 6.30. The molecule has 0 unspecified atom stereocenters. The van der Waals surface area contributed by atoms with Gasteiger partial charge in [-0.3, -0.25) is 9.59 Å². The van der Waals surface area contributed by atoms with Crippen molar-refractivity contribution in [3.63, 3.8) is 0 Å². The zero-order valence-electron chi connectivity index (χ0n) is 15.3. The maximum atomic E-state index is 13.3. The first kappa shape index (κ1) is 19.0. The van der Waals surface area contributed by atoms with Crippen LogP contribution in [0.2, 0.25) is 0 Å². The zero-order chi connectivity index (χ0) is 19.4. The Morgan fingerprint density at radius 1 is 1.26 bits per heavy atom. The van der Waals surface area contributed by atoms with Crippen LogP contribution in [0.25, 0.3) is 0 Å². The summed E-state index contributed by atoms with van der Waals surface area (Å²) in [6.07, 6.45) is 0.956. The second kappa shape index (κ2) is 7.87. The average molecular weight is 375 g/mol. The predicted octanol–water partition coefficient (Wildman–Crippen LogP) is 2.27. The number of carbonyl (C=O) groups excluding carboxylic acids is 2. The Labute approximate surface area is 156 Å². The smallest absolute Gasteiger partial charge is 0.245 e. The van der Waals surface area contributed by atoms with Gasteiger partial charge < -0.3 is 19.5 Å². The van der Waals surface area contributed by atoms with E-state index in [0.29, 0.717) is 37.6 Å². The zero-order valence-corrected chi connectivity index (χ0v) is 15.3. The normalized spacial score (nSPS) is 16.0. The number of amides is 2. The molecule has 2 heterocycles. The van der Waals surface area contributed by atoms with E-state index in [1.807, 2.05) is 0 Å². The molecule has 0 bridgehead atoms. The van der Waals surface area contributed by atoms with Gasteiger partial charge in [-0.05, 0) is 37.5 Å². The Bertz CT molecular complexity index is 813. The van der Waals surface area contributed by atoms with E-state index >= 15 is 0 Å². The van der Waals surface area contributed by atoms with Crippen molar-refractivity contribution in [2.24, 2.45) is 0 Å². The summed E-state index contributed by atoms with van der Waals surface area (Å²) in [5.74, 6) is -0.0433. The van der Waals surface area contributed by atoms with Crippen molar-refractivity contribution >= 4 is 17.6 Å². The van der Waals surface area contributed by atoms with Crippen molar-refractivity contribution in [3.8, 4) is 0 Å². The van der Waals surface area contributed by atoms with Crippen LogP contribution in [0.3, 0.4) is 0 Å². The molecule has 144 valence electrons. The van der Waals surface area contributed by atoms with Crippen LogP contribution in [0.15, 0.2) is 34.9 Å². The first-order chi connectivity index (χ1) is 12.9. The Morgan fingerprint density at radius 2 is 1.93 bits per heavy atom. The number of nitrogens with one attached hydrogen (secondary N) is 1. The fourth-order valence-electron chi connectivity index (χ4n) is 3.38. The van der Waals surface area contributed by atoms with Gasteiger partial charge in [0, 0.05) is 26.3 Å². The number of rotatable bonds is 5. The summed E-state index contributed by atoms with van der Waals surface area (Å²) in [6, 6.07) is 7.55. The van der Waals surface area contributed by atoms with E-state index in [9.17, 15) is 14.0 Å². The average Bonchev–Trinajstić information content (AvgIpc) is 3.06. The first-order valence-electron chi connectivity index (χ1n) is 8.73. The molecular formula is C19H22FN3O4. The van der Waals surface area contributed by atoms with Crippen LogP contribution in [0, 0.1) is 12.7 Å². The number of likely N-dealkylation sites (N-methyl/N-ethyl adjacent to an activating group) is 1. The van der Waals surface area contributed by atoms with Crippen molar-refractivity contribution in [1.29, 1.82) is 0 Å². The molecule has 1 saturated heterocycles. The van der Waals surface area contributed by atoms with E-state index in [4.69, 9.17) is 9.26 Å². The minimum Gasteiger partial charge on any atom is -0.381 e. The van der Waals surface area contributed by atoms with Crippen LogP contribution in [-0.2, 0) is 19.7 Å². The molecule has 0 atom stereocenters. The van der Waals surface area contributed by atoms with E-state index in [-0.39, 0.29) is 24.2 Å². The van der Waals surface area contributed by atoms with Gasteiger partial charge in [0.15, 0.2) is 5.82 Å². The molecule has 0 aliphatic carbocycles. The molecule has 27 heavy (non-hydrogen) atoms. The molecule has 1 fully saturated rings. The maximum Gasteiger partial charge on any atom is 0.245 e. The van der Waals surface area contributed by atoms with Gasteiger partial charge in [-0.2, -0.15) is 0 Å². The Morgan fingerprint density at radius 3 is 2.52 bits per heavy atom. The Kier molecular flexibility index (Phi) is 5.55. The SMILES string of the molecule is Cc1cc(NC(=O)CN(C)C(=O)C2(c3ccc(F)cc3)CCOCC2)no1. The number of aryl methyl sites for hydroxylation is 1. The Hall–Kier alpha value is -2.74. The van der Waals surface area contributed by atoms with Gasteiger partial charge in [0.25, 0.3) is 0 Å². The largest absolute Gasteiger partial charge is 0.381 e. The van der Waals surface area contributed by atoms with Gasteiger partial charge in [0.1, 0.15) is 11.6 Å². The highest BCUT2D eigenvalue weighted by Crippen LogP contribution is 2.36. The van der Waals surface area contributed by atoms with Crippen molar-refractivity contribution in [2.75, 3.05) is 32.1 Å². The fraction of sp³-hybridized carbons (Fsp3) is 0.421. The lowest BCUT2D eigenvalue weighted by atomic mass is 9.73. The summed E-state index contributed by atoms with van der Waals surface area (Å²) in [7, 11) is 1.58. The molecule has 8 heteroatoms. The third-order valence-electron chi connectivity index (χ3n) is 4.78. The fourth-order valence-corrected chi connectivity index (χ4v) is 3.38. The van der Waals surface area contributed by atoms with Gasteiger partial charge in [-0.1, -0.05) is 17.3 Å². The van der Waals surface area contributed by atoms with Gasteiger partial charge >= 0.3 is 0 Å². The van der Waals surface area contributed by atoms with Crippen molar-refractivity contribution in [2.45, 2.75) is 25.2 Å². The quantitative estimate of drug-likeness (QED) is 0.867. The topological polar surface area (TPSA) is 84.7 Å². The molecule has 2 aromatic rings. The molecule has 7 nitrogen and oxygen atoms in total. The van der Waals surface area contributed by atoms with Gasteiger partial charge in [0.2, 0.25) is 11.8 Å². The molecular weight excluding hydrogens is 353 g/mol. The number of nitrogens with zero attached hydrogens (tertiary/aromatic N) is 2. The number of halogens is 1. The highest BCUT2D eigenvalue weighted by molar-refractivity contribution is 5.96. The lowest BCUT2D eigenvalue weighted by Gasteiger charge is -2.38. The van der Waals surface area contributed by atoms with Crippen LogP contribution >= 0.6 is 0 Å². The standard InChI is InChI=1S/C19H22FN3O4/c1-13-11-16(22-27-13)21-17(24)12-23(2)18(25)19(7-9-26-10-8-19)14-3-5-15(20)6-4-14/h3-6,11H,7-10,12H2,1-2H3,(H,21,22,24). The number of aromatic nitrogens is 1. The predicted molar refractivity (Wildman–Crippen MR) is 95.6 cm³/mol. The summed E-state index contributed by atoms with van der Waals surface area (Å²) in [6.45, 7) is 2.45. The van der Waals surface area contributed by atoms with Crippen LogP contribution in [0.4, 0.5) is 10.2 Å². The highest BCUT2D eigenvalue weighted by Gasteiger charge is 2.43. The molecule has 3 rings (SSSR count). The van der Waals surface area contributed by atoms with E-state index in [0.717, 1.165) is 5.56 Å². The minimum atomic E-state index is -0.828. The van der Waals surface area contributed by atoms with E-state index in [1.54, 1.807) is 32.2 Å². The molecule has 0 spiro atoms. The maximum absolute atomic E-state index is 13.3. The minimum absolute atomic E-state index is 0.130. The second-order valence-corrected chi connectivity index (χ2v) is 6.73. The number of hydrogen-bond donors (Lipinski definition) is 1.